The summed E-state index contributed by atoms with van der Waals surface area (Å²) in [5.41, 5.74) is 0.337. The first-order valence-electron chi connectivity index (χ1n) is 4.19. The van der Waals surface area contributed by atoms with Gasteiger partial charge in [0.15, 0.2) is 0 Å². The second-order valence-electron chi connectivity index (χ2n) is 2.73. The minimum absolute atomic E-state index is 0.334. The van der Waals surface area contributed by atoms with Crippen LogP contribution < -0.4 is 9.46 Å². The molecule has 0 aromatic carbocycles. The Morgan fingerprint density at radius 3 is 2.73 bits per heavy atom. The number of rotatable bonds is 5. The molecule has 1 rings (SSSR count). The zero-order valence-corrected chi connectivity index (χ0v) is 8.99. The second-order valence-corrected chi connectivity index (χ2v) is 4.58. The number of aromatic nitrogens is 1. The maximum absolute atomic E-state index is 11.2. The Kier molecular flexibility index (Phi) is 3.87. The van der Waals surface area contributed by atoms with E-state index in [-0.39, 0.29) is 5.75 Å². The highest BCUT2D eigenvalue weighted by molar-refractivity contribution is 7.92. The van der Waals surface area contributed by atoms with Crippen molar-refractivity contribution < 1.29 is 18.3 Å². The van der Waals surface area contributed by atoms with Gasteiger partial charge < -0.3 is 9.84 Å². The third-order valence-electron chi connectivity index (χ3n) is 1.58. The first-order valence-corrected chi connectivity index (χ1v) is 5.84. The fraction of sp³-hybridized carbons (Fsp3) is 0.375. The van der Waals surface area contributed by atoms with Crippen molar-refractivity contribution in [3.8, 4) is 5.88 Å². The molecule has 7 heteroatoms. The van der Waals surface area contributed by atoms with Crippen LogP contribution in [0.3, 0.4) is 0 Å². The number of hydrogen-bond donors (Lipinski definition) is 2. The summed E-state index contributed by atoms with van der Waals surface area (Å²) >= 11 is 0. The minimum atomic E-state index is -3.49. The molecular formula is C8H12N2O4S. The van der Waals surface area contributed by atoms with Crippen molar-refractivity contribution in [2.75, 3.05) is 24.2 Å². The van der Waals surface area contributed by atoms with Crippen molar-refractivity contribution in [3.05, 3.63) is 18.3 Å². The number of methoxy groups -OCH3 is 1. The Labute approximate surface area is 88.0 Å². The van der Waals surface area contributed by atoms with Crippen molar-refractivity contribution in [2.24, 2.45) is 0 Å². The smallest absolute Gasteiger partial charge is 0.235 e. The molecule has 0 amide bonds. The van der Waals surface area contributed by atoms with Crippen molar-refractivity contribution >= 4 is 15.7 Å². The third kappa shape index (κ3) is 3.72. The summed E-state index contributed by atoms with van der Waals surface area (Å²) in [7, 11) is -2.01. The predicted octanol–water partition coefficient (Wildman–Crippen LogP) is -0.176. The van der Waals surface area contributed by atoms with Crippen LogP contribution in [0.25, 0.3) is 0 Å². The molecule has 0 atom stereocenters. The first kappa shape index (κ1) is 11.7. The van der Waals surface area contributed by atoms with Crippen molar-refractivity contribution in [2.45, 2.75) is 0 Å². The number of sulfonamides is 1. The van der Waals surface area contributed by atoms with E-state index in [0.717, 1.165) is 0 Å². The van der Waals surface area contributed by atoms with E-state index in [1.807, 2.05) is 0 Å². The van der Waals surface area contributed by atoms with Crippen LogP contribution in [-0.4, -0.2) is 38.0 Å². The number of nitrogens with zero attached hydrogens (tertiary/aromatic N) is 1. The number of ether oxygens (including phenoxy) is 1. The lowest BCUT2D eigenvalue weighted by Gasteiger charge is -2.06. The lowest BCUT2D eigenvalue weighted by atomic mass is 10.4. The van der Waals surface area contributed by atoms with Crippen LogP contribution in [0, 0.1) is 0 Å². The Bertz CT molecular complexity index is 401. The zero-order chi connectivity index (χ0) is 11.3. The van der Waals surface area contributed by atoms with Gasteiger partial charge in [-0.2, -0.15) is 0 Å². The van der Waals surface area contributed by atoms with E-state index < -0.39 is 16.6 Å². The molecule has 0 aliphatic heterocycles. The number of hydrogen-bond acceptors (Lipinski definition) is 5. The van der Waals surface area contributed by atoms with E-state index in [2.05, 4.69) is 9.71 Å². The Morgan fingerprint density at radius 1 is 1.53 bits per heavy atom. The van der Waals surface area contributed by atoms with Crippen LogP contribution >= 0.6 is 0 Å². The van der Waals surface area contributed by atoms with E-state index in [1.54, 1.807) is 0 Å². The summed E-state index contributed by atoms with van der Waals surface area (Å²) in [6.07, 6.45) is 1.34. The van der Waals surface area contributed by atoms with Crippen LogP contribution in [0.4, 0.5) is 5.69 Å². The van der Waals surface area contributed by atoms with E-state index in [4.69, 9.17) is 9.84 Å². The van der Waals surface area contributed by atoms with Gasteiger partial charge >= 0.3 is 0 Å². The van der Waals surface area contributed by atoms with Gasteiger partial charge in [-0.25, -0.2) is 13.4 Å². The molecule has 0 unspecified atom stereocenters. The monoisotopic (exact) mass is 232 g/mol. The first-order chi connectivity index (χ1) is 7.07. The minimum Gasteiger partial charge on any atom is -0.481 e. The van der Waals surface area contributed by atoms with Gasteiger partial charge in [-0.15, -0.1) is 0 Å². The third-order valence-corrected chi connectivity index (χ3v) is 2.85. The lowest BCUT2D eigenvalue weighted by molar-refractivity contribution is 0.320. The van der Waals surface area contributed by atoms with Gasteiger partial charge in [0.2, 0.25) is 15.9 Å². The Balaban J connectivity index is 2.73. The molecule has 1 aromatic heterocycles. The van der Waals surface area contributed by atoms with Gasteiger partial charge in [0.05, 0.1) is 31.4 Å². The normalized spacial score (nSPS) is 11.1. The highest BCUT2D eigenvalue weighted by Crippen LogP contribution is 2.12. The Hall–Kier alpha value is -1.34. The van der Waals surface area contributed by atoms with Crippen molar-refractivity contribution in [1.82, 2.24) is 4.98 Å². The number of aliphatic hydroxyl groups is 1. The van der Waals surface area contributed by atoms with Gasteiger partial charge in [0.25, 0.3) is 0 Å². The van der Waals surface area contributed by atoms with Crippen LogP contribution in [0.1, 0.15) is 0 Å². The van der Waals surface area contributed by atoms with E-state index in [1.165, 1.54) is 25.4 Å². The molecule has 0 bridgehead atoms. The highest BCUT2D eigenvalue weighted by Gasteiger charge is 2.09. The lowest BCUT2D eigenvalue weighted by Crippen LogP contribution is -2.18. The summed E-state index contributed by atoms with van der Waals surface area (Å²) in [4.78, 5) is 3.83. The van der Waals surface area contributed by atoms with Crippen LogP contribution in [-0.2, 0) is 10.0 Å². The van der Waals surface area contributed by atoms with Crippen LogP contribution in [0.2, 0.25) is 0 Å². The maximum atomic E-state index is 11.2. The quantitative estimate of drug-likeness (QED) is 0.735. The van der Waals surface area contributed by atoms with Crippen molar-refractivity contribution in [3.63, 3.8) is 0 Å². The zero-order valence-electron chi connectivity index (χ0n) is 8.17. The molecule has 0 spiro atoms. The van der Waals surface area contributed by atoms with Crippen molar-refractivity contribution in [1.29, 1.82) is 0 Å². The number of pyridine rings is 1. The molecule has 0 aliphatic carbocycles. The molecule has 0 fully saturated rings. The topological polar surface area (TPSA) is 88.5 Å². The maximum Gasteiger partial charge on any atom is 0.235 e. The average molecular weight is 232 g/mol. The summed E-state index contributed by atoms with van der Waals surface area (Å²) in [6, 6.07) is 3.07. The van der Waals surface area contributed by atoms with Gasteiger partial charge in [0, 0.05) is 6.07 Å². The summed E-state index contributed by atoms with van der Waals surface area (Å²) in [6.45, 7) is -0.418. The molecule has 15 heavy (non-hydrogen) atoms. The molecule has 0 saturated heterocycles. The highest BCUT2D eigenvalue weighted by atomic mass is 32.2. The fourth-order valence-corrected chi connectivity index (χ4v) is 1.73. The molecule has 2 N–H and O–H groups in total. The SMILES string of the molecule is COc1ccc(NS(=O)(=O)CCO)cn1. The standard InChI is InChI=1S/C8H12N2O4S/c1-14-8-3-2-7(6-9-8)10-15(12,13)5-4-11/h2-3,6,10-11H,4-5H2,1H3. The number of nitrogens with one attached hydrogen (secondary N) is 1. The van der Waals surface area contributed by atoms with Crippen LogP contribution in [0.15, 0.2) is 18.3 Å². The average Bonchev–Trinajstić information content (AvgIpc) is 2.18. The molecule has 1 aromatic rings. The molecule has 1 heterocycles. The predicted molar refractivity (Wildman–Crippen MR) is 55.3 cm³/mol. The van der Waals surface area contributed by atoms with E-state index in [0.29, 0.717) is 11.6 Å². The van der Waals surface area contributed by atoms with E-state index >= 15 is 0 Å². The summed E-state index contributed by atoms with van der Waals surface area (Å²) < 4.78 is 29.5. The summed E-state index contributed by atoms with van der Waals surface area (Å²) in [5.74, 6) is 0.0686. The van der Waals surface area contributed by atoms with E-state index in [9.17, 15) is 8.42 Å². The van der Waals surface area contributed by atoms with Crippen LogP contribution in [0.5, 0.6) is 5.88 Å². The molecule has 0 radical (unpaired) electrons. The molecule has 84 valence electrons. The Morgan fingerprint density at radius 2 is 2.27 bits per heavy atom. The van der Waals surface area contributed by atoms with Gasteiger partial charge in [-0.05, 0) is 6.07 Å². The van der Waals surface area contributed by atoms with Gasteiger partial charge in [-0.1, -0.05) is 0 Å². The second kappa shape index (κ2) is 4.94. The van der Waals surface area contributed by atoms with Gasteiger partial charge in [-0.3, -0.25) is 4.72 Å². The fourth-order valence-electron chi connectivity index (χ4n) is 0.912. The molecule has 0 aliphatic rings. The largest absolute Gasteiger partial charge is 0.481 e. The van der Waals surface area contributed by atoms with Gasteiger partial charge in [0.1, 0.15) is 0 Å². The molecule has 0 saturated carbocycles. The molecule has 6 nitrogen and oxygen atoms in total. The number of anilines is 1. The number of aliphatic hydroxyl groups excluding tert-OH is 1. The summed E-state index contributed by atoms with van der Waals surface area (Å²) in [5, 5.41) is 8.51. The molecular weight excluding hydrogens is 220 g/mol.